The first kappa shape index (κ1) is 17.0. The molecular weight excluding hydrogens is 322 g/mol. The molecule has 3 nitrogen and oxygen atoms in total. The third-order valence-corrected chi connectivity index (χ3v) is 5.08. The van der Waals surface area contributed by atoms with E-state index in [2.05, 4.69) is 35.2 Å². The van der Waals surface area contributed by atoms with Crippen LogP contribution < -0.4 is 0 Å². The van der Waals surface area contributed by atoms with Crippen molar-refractivity contribution < 1.29 is 9.53 Å². The highest BCUT2D eigenvalue weighted by Gasteiger charge is 2.42. The Labute approximate surface area is 149 Å². The van der Waals surface area contributed by atoms with E-state index in [0.29, 0.717) is 0 Å². The van der Waals surface area contributed by atoms with E-state index in [9.17, 15) is 4.79 Å². The number of fused-ring (bicyclic) bond motifs is 1. The van der Waals surface area contributed by atoms with Crippen LogP contribution in [0.1, 0.15) is 34.3 Å². The fourth-order valence-electron chi connectivity index (χ4n) is 3.75. The molecule has 2 aliphatic heterocycles. The summed E-state index contributed by atoms with van der Waals surface area (Å²) in [6.07, 6.45) is 2.69. The zero-order chi connectivity index (χ0) is 15.7. The number of carbonyl (C=O) groups is 1. The highest BCUT2D eigenvalue weighted by atomic mass is 35.5. The molecule has 24 heavy (non-hydrogen) atoms. The van der Waals surface area contributed by atoms with Gasteiger partial charge in [0.15, 0.2) is 0 Å². The fourth-order valence-corrected chi connectivity index (χ4v) is 3.75. The highest BCUT2D eigenvalue weighted by molar-refractivity contribution is 5.92. The number of esters is 1. The van der Waals surface area contributed by atoms with Crippen molar-refractivity contribution in [3.05, 3.63) is 71.3 Å². The number of piperidine rings is 1. The van der Waals surface area contributed by atoms with Crippen LogP contribution in [0.4, 0.5) is 0 Å². The molecule has 2 aromatic carbocycles. The number of halogens is 1. The summed E-state index contributed by atoms with van der Waals surface area (Å²) in [4.78, 5) is 14.7. The van der Waals surface area contributed by atoms with Crippen molar-refractivity contribution in [1.82, 2.24) is 4.90 Å². The van der Waals surface area contributed by atoms with Gasteiger partial charge >= 0.3 is 5.97 Å². The second-order valence-corrected chi connectivity index (χ2v) is 6.67. The Hall–Kier alpha value is -1.84. The monoisotopic (exact) mass is 343 g/mol. The molecule has 0 bridgehead atoms. The number of benzene rings is 2. The number of hydrogen-bond acceptors (Lipinski definition) is 3. The first-order chi connectivity index (χ1) is 11.2. The van der Waals surface area contributed by atoms with E-state index in [1.54, 1.807) is 0 Å². The average molecular weight is 344 g/mol. The topological polar surface area (TPSA) is 29.5 Å². The van der Waals surface area contributed by atoms with Crippen LogP contribution in [-0.2, 0) is 17.7 Å². The fraction of sp³-hybridized carbons (Fsp3) is 0.350. The minimum absolute atomic E-state index is 0. The molecule has 0 aliphatic carbocycles. The normalized spacial score (nSPS) is 19.2. The van der Waals surface area contributed by atoms with Gasteiger partial charge in [-0.3, -0.25) is 4.90 Å². The first-order valence-electron chi connectivity index (χ1n) is 8.32. The Bertz CT molecular complexity index is 709. The van der Waals surface area contributed by atoms with E-state index in [-0.39, 0.29) is 24.0 Å². The van der Waals surface area contributed by atoms with Crippen LogP contribution in [0.25, 0.3) is 0 Å². The summed E-state index contributed by atoms with van der Waals surface area (Å²) in [5, 5.41) is 0. The zero-order valence-corrected chi connectivity index (χ0v) is 14.4. The third kappa shape index (κ3) is 3.33. The average Bonchev–Trinajstić information content (AvgIpc) is 2.58. The molecule has 2 heterocycles. The molecule has 0 amide bonds. The summed E-state index contributed by atoms with van der Waals surface area (Å²) in [6.45, 7) is 2.93. The largest absolute Gasteiger partial charge is 0.455 e. The number of carbonyl (C=O) groups excluding carboxylic acids is 1. The number of ether oxygens (including phenoxy) is 1. The molecule has 0 aromatic heterocycles. The maximum Gasteiger partial charge on any atom is 0.338 e. The van der Waals surface area contributed by atoms with Gasteiger partial charge in [-0.15, -0.1) is 12.4 Å². The molecule has 1 saturated heterocycles. The summed E-state index contributed by atoms with van der Waals surface area (Å²) < 4.78 is 5.87. The molecule has 1 spiro atoms. The number of likely N-dealkylation sites (tertiary alicyclic amines) is 1. The molecule has 126 valence electrons. The van der Waals surface area contributed by atoms with Gasteiger partial charge in [0.1, 0.15) is 5.60 Å². The summed E-state index contributed by atoms with van der Waals surface area (Å²) in [5.41, 5.74) is 2.93. The van der Waals surface area contributed by atoms with Crippen LogP contribution in [0.3, 0.4) is 0 Å². The van der Waals surface area contributed by atoms with Gasteiger partial charge in [0, 0.05) is 38.9 Å². The van der Waals surface area contributed by atoms with Crippen LogP contribution in [-0.4, -0.2) is 29.6 Å². The van der Waals surface area contributed by atoms with E-state index < -0.39 is 0 Å². The molecule has 4 heteroatoms. The Morgan fingerprint density at radius 2 is 1.62 bits per heavy atom. The summed E-state index contributed by atoms with van der Waals surface area (Å²) in [5.74, 6) is -0.150. The van der Waals surface area contributed by atoms with Crippen molar-refractivity contribution in [2.75, 3.05) is 13.1 Å². The second kappa shape index (κ2) is 6.96. The summed E-state index contributed by atoms with van der Waals surface area (Å²) >= 11 is 0. The van der Waals surface area contributed by atoms with Crippen LogP contribution in [0, 0.1) is 0 Å². The van der Waals surface area contributed by atoms with Crippen molar-refractivity contribution in [2.45, 2.75) is 31.4 Å². The predicted octanol–water partition coefficient (Wildman–Crippen LogP) is 3.86. The maximum atomic E-state index is 12.3. The minimum Gasteiger partial charge on any atom is -0.455 e. The lowest BCUT2D eigenvalue weighted by atomic mass is 9.81. The van der Waals surface area contributed by atoms with Crippen molar-refractivity contribution >= 4 is 18.4 Å². The Kier molecular flexibility index (Phi) is 4.93. The van der Waals surface area contributed by atoms with Gasteiger partial charge < -0.3 is 4.74 Å². The van der Waals surface area contributed by atoms with Gasteiger partial charge in [0.25, 0.3) is 0 Å². The molecule has 0 N–H and O–H groups in total. The lowest BCUT2D eigenvalue weighted by Gasteiger charge is -2.43. The lowest BCUT2D eigenvalue weighted by Crippen LogP contribution is -2.50. The maximum absolute atomic E-state index is 12.3. The van der Waals surface area contributed by atoms with Gasteiger partial charge in [0.05, 0.1) is 5.56 Å². The van der Waals surface area contributed by atoms with Crippen molar-refractivity contribution in [3.63, 3.8) is 0 Å². The van der Waals surface area contributed by atoms with E-state index in [1.807, 2.05) is 24.3 Å². The smallest absolute Gasteiger partial charge is 0.338 e. The van der Waals surface area contributed by atoms with E-state index >= 15 is 0 Å². The quantitative estimate of drug-likeness (QED) is 0.775. The summed E-state index contributed by atoms with van der Waals surface area (Å²) in [7, 11) is 0. The first-order valence-corrected chi connectivity index (χ1v) is 8.32. The SMILES string of the molecule is Cl.O=C1OC2(CCN(Cc3ccccc3)CC2)Cc2ccccc21. The molecule has 0 unspecified atom stereocenters. The van der Waals surface area contributed by atoms with Crippen molar-refractivity contribution in [3.8, 4) is 0 Å². The molecule has 2 aliphatic rings. The van der Waals surface area contributed by atoms with Gasteiger partial charge in [-0.25, -0.2) is 4.79 Å². The van der Waals surface area contributed by atoms with Crippen LogP contribution in [0.5, 0.6) is 0 Å². The third-order valence-electron chi connectivity index (χ3n) is 5.08. The Morgan fingerprint density at radius 1 is 0.958 bits per heavy atom. The lowest BCUT2D eigenvalue weighted by molar-refractivity contribution is -0.0575. The zero-order valence-electron chi connectivity index (χ0n) is 13.6. The predicted molar refractivity (Wildman–Crippen MR) is 96.5 cm³/mol. The van der Waals surface area contributed by atoms with Crippen LogP contribution >= 0.6 is 12.4 Å². The minimum atomic E-state index is -0.293. The van der Waals surface area contributed by atoms with Crippen LogP contribution in [0.15, 0.2) is 54.6 Å². The summed E-state index contributed by atoms with van der Waals surface area (Å²) in [6, 6.07) is 18.4. The number of nitrogens with zero attached hydrogens (tertiary/aromatic N) is 1. The standard InChI is InChI=1S/C20H21NO2.ClH/c22-19-18-9-5-4-8-17(18)14-20(23-19)10-12-21(13-11-20)15-16-6-2-1-3-7-16;/h1-9H,10-15H2;1H. The molecule has 0 saturated carbocycles. The molecule has 1 fully saturated rings. The van der Waals surface area contributed by atoms with E-state index in [1.165, 1.54) is 5.56 Å². The number of rotatable bonds is 2. The second-order valence-electron chi connectivity index (χ2n) is 6.67. The van der Waals surface area contributed by atoms with Crippen LogP contribution in [0.2, 0.25) is 0 Å². The van der Waals surface area contributed by atoms with Gasteiger partial charge in [-0.1, -0.05) is 48.5 Å². The Morgan fingerprint density at radius 3 is 2.38 bits per heavy atom. The molecule has 2 aromatic rings. The Balaban J connectivity index is 0.00000169. The van der Waals surface area contributed by atoms with Crippen molar-refractivity contribution in [1.29, 1.82) is 0 Å². The molecule has 0 radical (unpaired) electrons. The van der Waals surface area contributed by atoms with Gasteiger partial charge in [-0.2, -0.15) is 0 Å². The van der Waals surface area contributed by atoms with Gasteiger partial charge in [0.2, 0.25) is 0 Å². The van der Waals surface area contributed by atoms with Crippen molar-refractivity contribution in [2.24, 2.45) is 0 Å². The molecular formula is C20H22ClNO2. The molecule has 0 atom stereocenters. The highest BCUT2D eigenvalue weighted by Crippen LogP contribution is 2.36. The number of hydrogen-bond donors (Lipinski definition) is 0. The molecule has 4 rings (SSSR count). The van der Waals surface area contributed by atoms with E-state index in [4.69, 9.17) is 4.74 Å². The van der Waals surface area contributed by atoms with E-state index in [0.717, 1.165) is 50.0 Å². The van der Waals surface area contributed by atoms with Gasteiger partial charge in [-0.05, 0) is 17.2 Å².